The van der Waals surface area contributed by atoms with Gasteiger partial charge in [-0.25, -0.2) is 0 Å². The van der Waals surface area contributed by atoms with Crippen molar-refractivity contribution in [2.75, 3.05) is 0 Å². The molecule has 0 spiro atoms. The first-order valence-corrected chi connectivity index (χ1v) is 4.27. The van der Waals surface area contributed by atoms with E-state index in [2.05, 4.69) is 5.10 Å². The van der Waals surface area contributed by atoms with E-state index in [0.717, 1.165) is 6.08 Å². The average molecular weight is 223 g/mol. The molecule has 0 aliphatic heterocycles. The lowest BCUT2D eigenvalue weighted by atomic mass is 9.91. The third-order valence-corrected chi connectivity index (χ3v) is 2.13. The molecular weight excluding hydrogens is 215 g/mol. The summed E-state index contributed by atoms with van der Waals surface area (Å²) in [7, 11) is 1.57. The van der Waals surface area contributed by atoms with E-state index in [1.807, 2.05) is 0 Å². The Morgan fingerprint density at radius 3 is 2.36 bits per heavy atom. The van der Waals surface area contributed by atoms with Crippen LogP contribution in [0.5, 0.6) is 0 Å². The summed E-state index contributed by atoms with van der Waals surface area (Å²) in [5, 5.41) is 4.09. The van der Waals surface area contributed by atoms with Gasteiger partial charge in [0.25, 0.3) is 0 Å². The smallest absolute Gasteiger partial charge is 0.445 e. The van der Waals surface area contributed by atoms with Gasteiger partial charge in [-0.3, -0.25) is 4.68 Å². The van der Waals surface area contributed by atoms with E-state index in [1.165, 1.54) is 4.68 Å². The van der Waals surface area contributed by atoms with Crippen molar-refractivity contribution in [3.8, 4) is 0 Å². The van der Waals surface area contributed by atoms with Gasteiger partial charge in [0.2, 0.25) is 0 Å². The topological polar surface area (TPSA) is 17.8 Å². The highest BCUT2D eigenvalue weighted by Gasteiger charge is 2.18. The van der Waals surface area contributed by atoms with Crippen LogP contribution in [-0.4, -0.2) is 16.8 Å². The van der Waals surface area contributed by atoms with Crippen LogP contribution in [0.15, 0.2) is 5.98 Å². The van der Waals surface area contributed by atoms with Crippen molar-refractivity contribution >= 4 is 24.7 Å². The van der Waals surface area contributed by atoms with E-state index in [9.17, 15) is 12.9 Å². The zero-order valence-corrected chi connectivity index (χ0v) is 8.39. The van der Waals surface area contributed by atoms with Gasteiger partial charge in [0.1, 0.15) is 5.15 Å². The summed E-state index contributed by atoms with van der Waals surface area (Å²) in [5.74, 6) is 0.204. The zero-order valence-electron chi connectivity index (χ0n) is 7.64. The fourth-order valence-electron chi connectivity index (χ4n) is 1.04. The maximum absolute atomic E-state index is 11.9. The molecule has 0 N–H and O–H groups in total. The van der Waals surface area contributed by atoms with Gasteiger partial charge < -0.3 is 12.9 Å². The average Bonchev–Trinajstić information content (AvgIpc) is 2.23. The molecule has 14 heavy (non-hydrogen) atoms. The van der Waals surface area contributed by atoms with Gasteiger partial charge in [0.05, 0.1) is 5.69 Å². The first-order valence-electron chi connectivity index (χ1n) is 3.89. The molecule has 2 nitrogen and oxygen atoms in total. The molecule has 1 aromatic heterocycles. The minimum absolute atomic E-state index is 0.204. The van der Waals surface area contributed by atoms with Crippen molar-refractivity contribution in [3.05, 3.63) is 22.4 Å². The highest BCUT2D eigenvalue weighted by molar-refractivity contribution is 6.65. The predicted octanol–water partition coefficient (Wildman–Crippen LogP) is 2.78. The Balaban J connectivity index is 3.03. The standard InChI is InChI=1S/C7H8BClF3N2/c1-5-6(3-4-8(10,11)12)7(9)14(2)13-5/h3-4H,1-2H3/q-1/b4-3+. The minimum atomic E-state index is -4.92. The van der Waals surface area contributed by atoms with Crippen molar-refractivity contribution in [3.63, 3.8) is 0 Å². The Labute approximate surface area is 84.4 Å². The SMILES string of the molecule is Cc1nn(C)c(Cl)c1/C=C/[B-](F)(F)F. The van der Waals surface area contributed by atoms with Gasteiger partial charge in [-0.15, -0.1) is 5.98 Å². The summed E-state index contributed by atoms with van der Waals surface area (Å²) < 4.78 is 37.1. The number of nitrogens with zero attached hydrogens (tertiary/aromatic N) is 2. The molecule has 0 aromatic carbocycles. The molecule has 0 bridgehead atoms. The van der Waals surface area contributed by atoms with Crippen molar-refractivity contribution in [1.82, 2.24) is 9.78 Å². The molecule has 0 atom stereocenters. The van der Waals surface area contributed by atoms with Crippen LogP contribution < -0.4 is 0 Å². The maximum Gasteiger partial charge on any atom is 0.502 e. The Hall–Kier alpha value is -0.905. The summed E-state index contributed by atoms with van der Waals surface area (Å²) in [6.07, 6.45) is 0.949. The number of hydrogen-bond acceptors (Lipinski definition) is 1. The van der Waals surface area contributed by atoms with E-state index < -0.39 is 6.98 Å². The molecule has 0 amide bonds. The molecule has 0 saturated heterocycles. The molecule has 78 valence electrons. The third-order valence-electron chi connectivity index (χ3n) is 1.68. The number of rotatable bonds is 2. The molecule has 1 heterocycles. The van der Waals surface area contributed by atoms with Gasteiger partial charge in [-0.05, 0) is 6.92 Å². The van der Waals surface area contributed by atoms with Crippen LogP contribution in [0.25, 0.3) is 6.08 Å². The maximum atomic E-state index is 11.9. The lowest BCUT2D eigenvalue weighted by molar-refractivity contribution is 0.499. The van der Waals surface area contributed by atoms with Crippen molar-refractivity contribution < 1.29 is 12.9 Å². The number of hydrogen-bond donors (Lipinski definition) is 0. The van der Waals surface area contributed by atoms with Crippen LogP contribution in [0.2, 0.25) is 5.15 Å². The van der Waals surface area contributed by atoms with Gasteiger partial charge in [-0.1, -0.05) is 17.7 Å². The van der Waals surface area contributed by atoms with E-state index in [-0.39, 0.29) is 11.1 Å². The quantitative estimate of drug-likeness (QED) is 0.705. The fourth-order valence-corrected chi connectivity index (χ4v) is 1.28. The normalized spacial score (nSPS) is 12.7. The lowest BCUT2D eigenvalue weighted by Crippen LogP contribution is -2.09. The number of aryl methyl sites for hydroxylation is 2. The summed E-state index contributed by atoms with van der Waals surface area (Å²) in [4.78, 5) is 0. The summed E-state index contributed by atoms with van der Waals surface area (Å²) in [5.41, 5.74) is 0.794. The van der Waals surface area contributed by atoms with Gasteiger partial charge in [0, 0.05) is 12.6 Å². The lowest BCUT2D eigenvalue weighted by Gasteiger charge is -2.05. The Bertz CT molecular complexity index is 370. The Morgan fingerprint density at radius 1 is 1.43 bits per heavy atom. The Kier molecular flexibility index (Phi) is 2.94. The summed E-state index contributed by atoms with van der Waals surface area (Å²) >= 11 is 5.73. The van der Waals surface area contributed by atoms with Crippen molar-refractivity contribution in [2.45, 2.75) is 6.92 Å². The molecular formula is C7H8BClF3N2-. The zero-order chi connectivity index (χ0) is 10.9. The second kappa shape index (κ2) is 3.69. The first-order chi connectivity index (χ1) is 6.31. The highest BCUT2D eigenvalue weighted by atomic mass is 35.5. The number of aromatic nitrogens is 2. The molecule has 0 saturated carbocycles. The van der Waals surface area contributed by atoms with Crippen LogP contribution in [0, 0.1) is 6.92 Å². The van der Waals surface area contributed by atoms with Gasteiger partial charge in [0.15, 0.2) is 0 Å². The largest absolute Gasteiger partial charge is 0.502 e. The molecule has 1 rings (SSSR count). The van der Waals surface area contributed by atoms with Gasteiger partial charge in [-0.2, -0.15) is 5.10 Å². The van der Waals surface area contributed by atoms with Crippen LogP contribution in [0.1, 0.15) is 11.3 Å². The highest BCUT2D eigenvalue weighted by Crippen LogP contribution is 2.22. The van der Waals surface area contributed by atoms with Crippen LogP contribution in [0.3, 0.4) is 0 Å². The molecule has 7 heteroatoms. The fraction of sp³-hybridized carbons (Fsp3) is 0.286. The Morgan fingerprint density at radius 2 is 2.00 bits per heavy atom. The molecule has 0 radical (unpaired) electrons. The van der Waals surface area contributed by atoms with Crippen LogP contribution >= 0.6 is 11.6 Å². The van der Waals surface area contributed by atoms with Gasteiger partial charge >= 0.3 is 6.98 Å². The molecule has 0 aliphatic carbocycles. The van der Waals surface area contributed by atoms with E-state index in [0.29, 0.717) is 11.3 Å². The van der Waals surface area contributed by atoms with Crippen molar-refractivity contribution in [2.24, 2.45) is 7.05 Å². The van der Waals surface area contributed by atoms with E-state index in [1.54, 1.807) is 14.0 Å². The third kappa shape index (κ3) is 2.54. The summed E-state index contributed by atoms with van der Waals surface area (Å²) in [6.45, 7) is -3.32. The number of halogens is 4. The summed E-state index contributed by atoms with van der Waals surface area (Å²) in [6, 6.07) is 0. The molecule has 0 unspecified atom stereocenters. The predicted molar refractivity (Wildman–Crippen MR) is 51.1 cm³/mol. The second-order valence-corrected chi connectivity index (χ2v) is 3.26. The second-order valence-electron chi connectivity index (χ2n) is 2.90. The monoisotopic (exact) mass is 223 g/mol. The molecule has 0 aliphatic rings. The van der Waals surface area contributed by atoms with Crippen molar-refractivity contribution in [1.29, 1.82) is 0 Å². The van der Waals surface area contributed by atoms with E-state index >= 15 is 0 Å². The minimum Gasteiger partial charge on any atom is -0.445 e. The van der Waals surface area contributed by atoms with Crippen LogP contribution in [0.4, 0.5) is 12.9 Å². The first kappa shape index (κ1) is 11.2. The van der Waals surface area contributed by atoms with E-state index in [4.69, 9.17) is 11.6 Å². The van der Waals surface area contributed by atoms with Crippen LogP contribution in [-0.2, 0) is 7.05 Å². The molecule has 1 aromatic rings. The molecule has 0 fully saturated rings.